The van der Waals surface area contributed by atoms with E-state index in [0.29, 0.717) is 23.9 Å². The predicted octanol–water partition coefficient (Wildman–Crippen LogP) is 3.35. The zero-order chi connectivity index (χ0) is 15.9. The molecule has 3 rings (SSSR count). The molecule has 1 aromatic rings. The third kappa shape index (κ3) is 2.60. The topological polar surface area (TPSA) is 59.6 Å². The Labute approximate surface area is 133 Å². The minimum absolute atomic E-state index is 0.0766. The molecule has 1 aliphatic carbocycles. The fourth-order valence-corrected chi connectivity index (χ4v) is 3.87. The number of rotatable bonds is 3. The summed E-state index contributed by atoms with van der Waals surface area (Å²) in [5.41, 5.74) is 8.52. The fraction of sp³-hybridized carbons (Fsp3) is 0.611. The van der Waals surface area contributed by atoms with Crippen LogP contribution < -0.4 is 11.1 Å². The van der Waals surface area contributed by atoms with E-state index in [9.17, 15) is 0 Å². The maximum Gasteiger partial charge on any atom is 0.193 e. The van der Waals surface area contributed by atoms with E-state index in [0.717, 1.165) is 18.7 Å². The zero-order valence-corrected chi connectivity index (χ0v) is 14.0. The highest BCUT2D eigenvalue weighted by Crippen LogP contribution is 2.53. The smallest absolute Gasteiger partial charge is 0.193 e. The summed E-state index contributed by atoms with van der Waals surface area (Å²) < 4.78 is 5.81. The second-order valence-electron chi connectivity index (χ2n) is 7.43. The van der Waals surface area contributed by atoms with Gasteiger partial charge in [0.25, 0.3) is 0 Å². The van der Waals surface area contributed by atoms with Crippen LogP contribution in [0.25, 0.3) is 0 Å². The molecule has 0 radical (unpaired) electrons. The first kappa shape index (κ1) is 15.3. The highest BCUT2D eigenvalue weighted by Gasteiger charge is 2.59. The van der Waals surface area contributed by atoms with Gasteiger partial charge in [0.05, 0.1) is 12.1 Å². The number of hydrogen-bond donors (Lipinski definition) is 2. The third-order valence-electron chi connectivity index (χ3n) is 5.14. The monoisotopic (exact) mass is 301 g/mol. The maximum atomic E-state index is 6.14. The van der Waals surface area contributed by atoms with Gasteiger partial charge in [0.2, 0.25) is 0 Å². The Bertz CT molecular complexity index is 579. The number of ether oxygens (including phenoxy) is 1. The number of benzene rings is 1. The summed E-state index contributed by atoms with van der Waals surface area (Å²) in [6.45, 7) is 9.68. The lowest BCUT2D eigenvalue weighted by Crippen LogP contribution is -2.59. The standard InChI is InChI=1S/C18H27N3O/c1-11(2)12-6-5-7-13(10-12)20-17(19)21-15-14-8-9-22-16(14)18(15,3)4/h5-7,10-11,14-16H,8-9H2,1-4H3,(H3,19,20,21). The molecular formula is C18H27N3O. The Hall–Kier alpha value is -1.55. The van der Waals surface area contributed by atoms with Crippen LogP contribution in [0.15, 0.2) is 29.3 Å². The molecule has 0 aromatic heterocycles. The molecule has 4 nitrogen and oxygen atoms in total. The number of nitrogens with two attached hydrogens (primary N) is 1. The number of guanidine groups is 1. The van der Waals surface area contributed by atoms with Crippen molar-refractivity contribution in [1.82, 2.24) is 0 Å². The molecule has 1 aromatic carbocycles. The SMILES string of the molecule is CC(C)c1cccc(NC(N)=NC2C3CCOC3C2(C)C)c1. The minimum atomic E-state index is 0.0766. The van der Waals surface area contributed by atoms with Crippen molar-refractivity contribution < 1.29 is 4.74 Å². The van der Waals surface area contributed by atoms with Crippen molar-refractivity contribution in [1.29, 1.82) is 0 Å². The molecule has 3 atom stereocenters. The van der Waals surface area contributed by atoms with E-state index in [4.69, 9.17) is 15.5 Å². The number of fused-ring (bicyclic) bond motifs is 1. The molecule has 1 aliphatic heterocycles. The van der Waals surface area contributed by atoms with Crippen molar-refractivity contribution >= 4 is 11.6 Å². The molecule has 0 spiro atoms. The van der Waals surface area contributed by atoms with E-state index in [-0.39, 0.29) is 11.5 Å². The van der Waals surface area contributed by atoms with Crippen molar-refractivity contribution in [2.45, 2.75) is 52.2 Å². The average Bonchev–Trinajstić information content (AvgIpc) is 2.92. The van der Waals surface area contributed by atoms with Crippen LogP contribution in [-0.4, -0.2) is 24.7 Å². The molecule has 0 amide bonds. The summed E-state index contributed by atoms with van der Waals surface area (Å²) in [5.74, 6) is 1.53. The van der Waals surface area contributed by atoms with Crippen molar-refractivity contribution in [2.24, 2.45) is 22.1 Å². The van der Waals surface area contributed by atoms with Gasteiger partial charge in [-0.15, -0.1) is 0 Å². The Morgan fingerprint density at radius 1 is 1.41 bits per heavy atom. The van der Waals surface area contributed by atoms with Gasteiger partial charge in [-0.3, -0.25) is 0 Å². The summed E-state index contributed by atoms with van der Waals surface area (Å²) in [7, 11) is 0. The number of aliphatic imine (C=N–C) groups is 1. The van der Waals surface area contributed by atoms with E-state index in [1.54, 1.807) is 0 Å². The number of anilines is 1. The Kier molecular flexibility index (Phi) is 3.89. The van der Waals surface area contributed by atoms with Gasteiger partial charge in [0.1, 0.15) is 0 Å². The first-order chi connectivity index (χ1) is 10.4. The number of hydrogen-bond acceptors (Lipinski definition) is 2. The normalized spacial score (nSPS) is 30.0. The van der Waals surface area contributed by atoms with Crippen LogP contribution in [0.1, 0.15) is 45.6 Å². The van der Waals surface area contributed by atoms with Crippen LogP contribution in [0.2, 0.25) is 0 Å². The first-order valence-corrected chi connectivity index (χ1v) is 8.21. The number of nitrogens with zero attached hydrogens (tertiary/aromatic N) is 1. The summed E-state index contributed by atoms with van der Waals surface area (Å²) >= 11 is 0. The van der Waals surface area contributed by atoms with Gasteiger partial charge in [0, 0.05) is 23.6 Å². The van der Waals surface area contributed by atoms with Crippen LogP contribution in [0, 0.1) is 11.3 Å². The first-order valence-electron chi connectivity index (χ1n) is 8.21. The second kappa shape index (κ2) is 5.58. The van der Waals surface area contributed by atoms with Gasteiger partial charge in [-0.25, -0.2) is 4.99 Å². The van der Waals surface area contributed by atoms with Gasteiger partial charge >= 0.3 is 0 Å². The lowest BCUT2D eigenvalue weighted by molar-refractivity contribution is -0.0985. The van der Waals surface area contributed by atoms with E-state index < -0.39 is 0 Å². The van der Waals surface area contributed by atoms with E-state index in [1.165, 1.54) is 5.56 Å². The minimum Gasteiger partial charge on any atom is -0.377 e. The van der Waals surface area contributed by atoms with Crippen molar-refractivity contribution in [3.05, 3.63) is 29.8 Å². The zero-order valence-electron chi connectivity index (χ0n) is 14.0. The quantitative estimate of drug-likeness (QED) is 0.665. The molecule has 1 saturated carbocycles. The Balaban J connectivity index is 1.72. The molecule has 120 valence electrons. The fourth-order valence-electron chi connectivity index (χ4n) is 3.87. The molecule has 4 heteroatoms. The molecule has 0 bridgehead atoms. The number of nitrogens with one attached hydrogen (secondary N) is 1. The van der Waals surface area contributed by atoms with Crippen molar-refractivity contribution in [3.8, 4) is 0 Å². The van der Waals surface area contributed by atoms with Crippen molar-refractivity contribution in [2.75, 3.05) is 11.9 Å². The molecule has 1 saturated heterocycles. The molecule has 2 aliphatic rings. The van der Waals surface area contributed by atoms with Crippen molar-refractivity contribution in [3.63, 3.8) is 0 Å². The maximum absolute atomic E-state index is 6.14. The van der Waals surface area contributed by atoms with E-state index in [2.05, 4.69) is 51.2 Å². The predicted molar refractivity (Wildman–Crippen MR) is 91.2 cm³/mol. The third-order valence-corrected chi connectivity index (χ3v) is 5.14. The van der Waals surface area contributed by atoms with E-state index >= 15 is 0 Å². The van der Waals surface area contributed by atoms with Gasteiger partial charge in [0.15, 0.2) is 5.96 Å². The summed E-state index contributed by atoms with van der Waals surface area (Å²) in [5, 5.41) is 3.24. The van der Waals surface area contributed by atoms with Crippen LogP contribution in [0.4, 0.5) is 5.69 Å². The van der Waals surface area contributed by atoms with Gasteiger partial charge < -0.3 is 15.8 Å². The second-order valence-corrected chi connectivity index (χ2v) is 7.43. The largest absolute Gasteiger partial charge is 0.377 e. The summed E-state index contributed by atoms with van der Waals surface area (Å²) in [6, 6.07) is 8.61. The highest BCUT2D eigenvalue weighted by atomic mass is 16.5. The molecular weight excluding hydrogens is 274 g/mol. The molecule has 1 heterocycles. The van der Waals surface area contributed by atoms with Crippen LogP contribution in [0.5, 0.6) is 0 Å². The van der Waals surface area contributed by atoms with Crippen LogP contribution in [0.3, 0.4) is 0 Å². The van der Waals surface area contributed by atoms with Crippen LogP contribution in [-0.2, 0) is 4.74 Å². The van der Waals surface area contributed by atoms with Gasteiger partial charge in [-0.05, 0) is 30.0 Å². The highest BCUT2D eigenvalue weighted by molar-refractivity contribution is 5.92. The van der Waals surface area contributed by atoms with Gasteiger partial charge in [-0.2, -0.15) is 0 Å². The molecule has 2 fully saturated rings. The molecule has 3 unspecified atom stereocenters. The molecule has 3 N–H and O–H groups in total. The molecule has 22 heavy (non-hydrogen) atoms. The van der Waals surface area contributed by atoms with E-state index in [1.807, 2.05) is 6.07 Å². The lowest BCUT2D eigenvalue weighted by atomic mass is 9.57. The Morgan fingerprint density at radius 2 is 2.18 bits per heavy atom. The summed E-state index contributed by atoms with van der Waals surface area (Å²) in [4.78, 5) is 4.75. The Morgan fingerprint density at radius 3 is 2.91 bits per heavy atom. The van der Waals surface area contributed by atoms with Crippen LogP contribution >= 0.6 is 0 Å². The lowest BCUT2D eigenvalue weighted by Gasteiger charge is -2.52. The summed E-state index contributed by atoms with van der Waals surface area (Å²) in [6.07, 6.45) is 1.44. The van der Waals surface area contributed by atoms with Gasteiger partial charge in [-0.1, -0.05) is 39.8 Å². The average molecular weight is 301 g/mol.